The predicted octanol–water partition coefficient (Wildman–Crippen LogP) is 1.15. The molecule has 0 saturated heterocycles. The molecule has 0 aromatic carbocycles. The van der Waals surface area contributed by atoms with E-state index in [2.05, 4.69) is 11.2 Å². The Morgan fingerprint density at radius 2 is 1.88 bits per heavy atom. The van der Waals surface area contributed by atoms with E-state index in [4.69, 9.17) is 0 Å². The third-order valence-corrected chi connectivity index (χ3v) is 0.379. The molecule has 8 heavy (non-hydrogen) atoms. The van der Waals surface area contributed by atoms with E-state index in [1.165, 1.54) is 6.11 Å². The smallest absolute Gasteiger partial charge is 0.308 e. The van der Waals surface area contributed by atoms with Gasteiger partial charge in [-0.3, -0.25) is 0 Å². The van der Waals surface area contributed by atoms with Crippen LogP contribution in [0.3, 0.4) is 0 Å². The highest BCUT2D eigenvalue weighted by atomic mass is 19.3. The number of alkyl halides is 3. The van der Waals surface area contributed by atoms with Gasteiger partial charge >= 0.3 is 12.8 Å². The van der Waals surface area contributed by atoms with Crippen molar-refractivity contribution in [2.75, 3.05) is 0 Å². The van der Waals surface area contributed by atoms with E-state index < -0.39 is 12.8 Å². The van der Waals surface area contributed by atoms with Crippen LogP contribution >= 0.6 is 0 Å². The summed E-state index contributed by atoms with van der Waals surface area (Å²) in [6.07, 6.45) is -0.198. The van der Waals surface area contributed by atoms with Gasteiger partial charge in [0.25, 0.3) is 0 Å². The van der Waals surface area contributed by atoms with Gasteiger partial charge in [0.05, 0.1) is 0 Å². The van der Waals surface area contributed by atoms with Gasteiger partial charge in [-0.15, -0.1) is 0 Å². The van der Waals surface area contributed by atoms with Crippen LogP contribution in [0.5, 0.6) is 0 Å². The summed E-state index contributed by atoms with van der Waals surface area (Å²) in [5.74, 6) is 0. The fourth-order valence-electron chi connectivity index (χ4n) is 0.116. The molecule has 1 unspecified atom stereocenters. The minimum atomic E-state index is -3.16. The van der Waals surface area contributed by atoms with Crippen molar-refractivity contribution in [1.29, 1.82) is 0 Å². The number of ether oxygens (including phenoxy) is 1. The van der Waals surface area contributed by atoms with Crippen molar-refractivity contribution < 1.29 is 17.9 Å². The van der Waals surface area contributed by atoms with Gasteiger partial charge in [0.2, 0.25) is 0 Å². The first-order valence-corrected chi connectivity index (χ1v) is 1.72. The molecule has 0 aromatic rings. The van der Waals surface area contributed by atoms with Crippen molar-refractivity contribution in [3.8, 4) is 12.5 Å². The van der Waals surface area contributed by atoms with Crippen LogP contribution < -0.4 is 0 Å². The van der Waals surface area contributed by atoms with E-state index in [1.54, 1.807) is 0 Å². The van der Waals surface area contributed by atoms with Gasteiger partial charge in [0.15, 0.2) is 0 Å². The Kier molecular flexibility index (Phi) is 2.85. The van der Waals surface area contributed by atoms with Crippen LogP contribution in [0.25, 0.3) is 0 Å². The number of halogens is 3. The van der Waals surface area contributed by atoms with E-state index in [-0.39, 0.29) is 0 Å². The quantitative estimate of drug-likeness (QED) is 0.502. The third kappa shape index (κ3) is 2.35. The molecular formula is C4H3F3O. The van der Waals surface area contributed by atoms with Crippen LogP contribution in [0.15, 0.2) is 0 Å². The maximum absolute atomic E-state index is 11.4. The first kappa shape index (κ1) is 7.15. The summed E-state index contributed by atoms with van der Waals surface area (Å²) >= 11 is 0. The fraction of sp³-hybridized carbons (Fsp3) is 0.500. The molecule has 46 valence electrons. The molecule has 0 N–H and O–H groups in total. The van der Waals surface area contributed by atoms with E-state index in [0.717, 1.165) is 0 Å². The second-order valence-corrected chi connectivity index (χ2v) is 0.921. The normalized spacial score (nSPS) is 12.9. The molecule has 4 heteroatoms. The van der Waals surface area contributed by atoms with Gasteiger partial charge in [-0.2, -0.15) is 4.39 Å². The number of rotatable bonds is 2. The van der Waals surface area contributed by atoms with Gasteiger partial charge in [0, 0.05) is 0 Å². The number of hydrogen-bond acceptors (Lipinski definition) is 1. The van der Waals surface area contributed by atoms with Crippen LogP contribution in [0.4, 0.5) is 13.2 Å². The van der Waals surface area contributed by atoms with Crippen molar-refractivity contribution in [2.24, 2.45) is 0 Å². The molecule has 0 amide bonds. The average molecular weight is 124 g/mol. The Balaban J connectivity index is 3.35. The monoisotopic (exact) mass is 124 g/mol. The van der Waals surface area contributed by atoms with E-state index in [9.17, 15) is 13.2 Å². The van der Waals surface area contributed by atoms with Crippen molar-refractivity contribution in [1.82, 2.24) is 0 Å². The second kappa shape index (κ2) is 3.19. The van der Waals surface area contributed by atoms with Crippen molar-refractivity contribution in [3.05, 3.63) is 0 Å². The summed E-state index contributed by atoms with van der Waals surface area (Å²) in [4.78, 5) is 0. The molecule has 0 fully saturated rings. The fourth-order valence-corrected chi connectivity index (χ4v) is 0.116. The van der Waals surface area contributed by atoms with Crippen LogP contribution in [-0.2, 0) is 4.74 Å². The maximum atomic E-state index is 11.4. The lowest BCUT2D eigenvalue weighted by molar-refractivity contribution is -0.0832. The number of hydrogen-bond donors (Lipinski definition) is 0. The SMILES string of the molecule is C#COC(F)C(F)F. The van der Waals surface area contributed by atoms with E-state index in [1.807, 2.05) is 0 Å². The third-order valence-electron chi connectivity index (χ3n) is 0.379. The molecule has 0 rings (SSSR count). The first-order chi connectivity index (χ1) is 3.68. The first-order valence-electron chi connectivity index (χ1n) is 1.72. The Hall–Kier alpha value is -0.850. The summed E-state index contributed by atoms with van der Waals surface area (Å²) in [7, 11) is 0. The topological polar surface area (TPSA) is 9.23 Å². The largest absolute Gasteiger partial charge is 0.404 e. The lowest BCUT2D eigenvalue weighted by Gasteiger charge is -2.00. The molecule has 0 heterocycles. The lowest BCUT2D eigenvalue weighted by Crippen LogP contribution is -2.12. The van der Waals surface area contributed by atoms with Crippen LogP contribution in [-0.4, -0.2) is 12.8 Å². The van der Waals surface area contributed by atoms with Gasteiger partial charge in [-0.25, -0.2) is 8.78 Å². The zero-order valence-electron chi connectivity index (χ0n) is 3.77. The summed E-state index contributed by atoms with van der Waals surface area (Å²) in [5, 5.41) is 0. The number of terminal acetylenes is 1. The standard InChI is InChI=1S/C4H3F3O/c1-2-8-4(7)3(5)6/h1,3-4H. The highest BCUT2D eigenvalue weighted by molar-refractivity contribution is 4.69. The van der Waals surface area contributed by atoms with Crippen molar-refractivity contribution in [2.45, 2.75) is 12.8 Å². The highest BCUT2D eigenvalue weighted by Crippen LogP contribution is 2.04. The van der Waals surface area contributed by atoms with Crippen LogP contribution in [0.2, 0.25) is 0 Å². The highest BCUT2D eigenvalue weighted by Gasteiger charge is 2.18. The Labute approximate surface area is 44.4 Å². The summed E-state index contributed by atoms with van der Waals surface area (Å²) < 4.78 is 36.9. The molecular weight excluding hydrogens is 121 g/mol. The van der Waals surface area contributed by atoms with Crippen LogP contribution in [0, 0.1) is 12.5 Å². The van der Waals surface area contributed by atoms with Gasteiger partial charge < -0.3 is 4.74 Å². The van der Waals surface area contributed by atoms with Gasteiger partial charge in [-0.05, 0) is 0 Å². The maximum Gasteiger partial charge on any atom is 0.308 e. The van der Waals surface area contributed by atoms with Gasteiger partial charge in [-0.1, -0.05) is 6.42 Å². The van der Waals surface area contributed by atoms with Crippen molar-refractivity contribution in [3.63, 3.8) is 0 Å². The summed E-state index contributed by atoms with van der Waals surface area (Å²) in [5.41, 5.74) is 0. The zero-order valence-corrected chi connectivity index (χ0v) is 3.77. The van der Waals surface area contributed by atoms with E-state index >= 15 is 0 Å². The minimum absolute atomic E-state index is 1.29. The van der Waals surface area contributed by atoms with E-state index in [0.29, 0.717) is 0 Å². The van der Waals surface area contributed by atoms with Crippen molar-refractivity contribution >= 4 is 0 Å². The Morgan fingerprint density at radius 3 is 2.00 bits per heavy atom. The summed E-state index contributed by atoms with van der Waals surface area (Å²) in [6, 6.07) is 0. The molecule has 0 aliphatic carbocycles. The molecule has 1 atom stereocenters. The Morgan fingerprint density at radius 1 is 1.38 bits per heavy atom. The molecule has 0 spiro atoms. The molecule has 0 saturated carbocycles. The lowest BCUT2D eigenvalue weighted by atomic mass is 10.7. The zero-order chi connectivity index (χ0) is 6.57. The predicted molar refractivity (Wildman–Crippen MR) is 20.8 cm³/mol. The molecule has 0 bridgehead atoms. The van der Waals surface area contributed by atoms with Crippen LogP contribution in [0.1, 0.15) is 0 Å². The molecule has 0 aliphatic rings. The Bertz CT molecular complexity index is 95.9. The second-order valence-electron chi connectivity index (χ2n) is 0.921. The molecule has 0 aliphatic heterocycles. The average Bonchev–Trinajstić information content (AvgIpc) is 1.67. The molecule has 0 radical (unpaired) electrons. The minimum Gasteiger partial charge on any atom is -0.404 e. The summed E-state index contributed by atoms with van der Waals surface area (Å²) in [6.45, 7) is 0. The molecule has 0 aromatic heterocycles. The van der Waals surface area contributed by atoms with Gasteiger partial charge in [0.1, 0.15) is 6.11 Å². The molecule has 1 nitrogen and oxygen atoms in total.